The molecule has 122 valence electrons. The summed E-state index contributed by atoms with van der Waals surface area (Å²) in [6.45, 7) is 5.10. The molecule has 0 saturated carbocycles. The third kappa shape index (κ3) is 2.56. The highest BCUT2D eigenvalue weighted by atomic mass is 15.1. The van der Waals surface area contributed by atoms with Crippen LogP contribution in [0.15, 0.2) is 60.7 Å². The Morgan fingerprint density at radius 2 is 1.68 bits per heavy atom. The van der Waals surface area contributed by atoms with Crippen molar-refractivity contribution in [3.8, 4) is 6.07 Å². The zero-order valence-electron chi connectivity index (χ0n) is 14.4. The van der Waals surface area contributed by atoms with Crippen LogP contribution in [0.3, 0.4) is 0 Å². The molecule has 0 saturated heterocycles. The van der Waals surface area contributed by atoms with Crippen LogP contribution in [0.5, 0.6) is 0 Å². The Labute approximate surface area is 147 Å². The number of aromatic nitrogens is 2. The average molecular weight is 325 g/mol. The summed E-state index contributed by atoms with van der Waals surface area (Å²) in [7, 11) is 0. The van der Waals surface area contributed by atoms with Crippen LogP contribution in [0.2, 0.25) is 0 Å². The number of rotatable bonds is 3. The first-order valence-electron chi connectivity index (χ1n) is 8.55. The summed E-state index contributed by atoms with van der Waals surface area (Å²) in [6, 6.07) is 22.7. The first-order valence-corrected chi connectivity index (χ1v) is 8.55. The molecule has 4 aromatic rings. The molecule has 0 aliphatic carbocycles. The Hall–Kier alpha value is -3.12. The van der Waals surface area contributed by atoms with Crippen LogP contribution in [0.4, 0.5) is 0 Å². The summed E-state index contributed by atoms with van der Waals surface area (Å²) in [6.07, 6.45) is 0. The number of hydrogen-bond acceptors (Lipinski definition) is 2. The van der Waals surface area contributed by atoms with Gasteiger partial charge in [0.2, 0.25) is 0 Å². The highest BCUT2D eigenvalue weighted by Gasteiger charge is 2.15. The fourth-order valence-corrected chi connectivity index (χ4v) is 3.47. The van der Waals surface area contributed by atoms with Crippen molar-refractivity contribution in [3.63, 3.8) is 0 Å². The van der Waals surface area contributed by atoms with E-state index in [1.54, 1.807) is 0 Å². The molecule has 0 aliphatic heterocycles. The summed E-state index contributed by atoms with van der Waals surface area (Å²) in [5, 5.41) is 11.5. The molecule has 0 N–H and O–H groups in total. The average Bonchev–Trinajstić information content (AvgIpc) is 3.01. The van der Waals surface area contributed by atoms with Gasteiger partial charge in [0.25, 0.3) is 0 Å². The maximum absolute atomic E-state index is 9.38. The largest absolute Gasteiger partial charge is 0.323 e. The minimum absolute atomic E-state index is 0.344. The van der Waals surface area contributed by atoms with Crippen LogP contribution in [0.25, 0.3) is 21.8 Å². The van der Waals surface area contributed by atoms with E-state index >= 15 is 0 Å². The standard InChI is InChI=1S/C22H19N3/c1-15(2)22-24-20-9-5-6-10-21(20)25(22)14-17-12-11-16(13-23)18-7-3-4-8-19(17)18/h3-12,15H,14H2,1-2H3. The maximum Gasteiger partial charge on any atom is 0.112 e. The number of para-hydroxylation sites is 2. The molecule has 0 fully saturated rings. The van der Waals surface area contributed by atoms with Gasteiger partial charge in [-0.2, -0.15) is 5.26 Å². The van der Waals surface area contributed by atoms with Gasteiger partial charge < -0.3 is 4.57 Å². The van der Waals surface area contributed by atoms with Gasteiger partial charge in [-0.05, 0) is 34.5 Å². The quantitative estimate of drug-likeness (QED) is 0.517. The SMILES string of the molecule is CC(C)c1nc2ccccc2n1Cc1ccc(C#N)c2ccccc12. The Morgan fingerprint density at radius 1 is 0.960 bits per heavy atom. The van der Waals surface area contributed by atoms with Crippen LogP contribution in [0.1, 0.15) is 36.7 Å². The molecule has 3 nitrogen and oxygen atoms in total. The Bertz CT molecular complexity index is 1110. The lowest BCUT2D eigenvalue weighted by molar-refractivity contribution is 0.685. The van der Waals surface area contributed by atoms with Gasteiger partial charge in [-0.1, -0.05) is 56.3 Å². The van der Waals surface area contributed by atoms with Crippen LogP contribution in [0, 0.1) is 11.3 Å². The summed E-state index contributed by atoms with van der Waals surface area (Å²) in [4.78, 5) is 4.83. The molecule has 1 aromatic heterocycles. The van der Waals surface area contributed by atoms with Gasteiger partial charge in [0.15, 0.2) is 0 Å². The van der Waals surface area contributed by atoms with Crippen LogP contribution in [-0.4, -0.2) is 9.55 Å². The molecule has 0 spiro atoms. The van der Waals surface area contributed by atoms with Crippen LogP contribution in [-0.2, 0) is 6.54 Å². The van der Waals surface area contributed by atoms with E-state index in [9.17, 15) is 5.26 Å². The molecule has 0 aliphatic rings. The van der Waals surface area contributed by atoms with Gasteiger partial charge >= 0.3 is 0 Å². The molecule has 0 unspecified atom stereocenters. The Kier molecular flexibility index (Phi) is 3.74. The zero-order valence-corrected chi connectivity index (χ0v) is 14.4. The Balaban J connectivity index is 1.92. The molecule has 3 aromatic carbocycles. The fraction of sp³-hybridized carbons (Fsp3) is 0.182. The third-order valence-corrected chi connectivity index (χ3v) is 4.66. The number of nitrogens with zero attached hydrogens (tertiary/aromatic N) is 3. The molecule has 0 atom stereocenters. The van der Waals surface area contributed by atoms with E-state index in [0.717, 1.165) is 39.7 Å². The van der Waals surface area contributed by atoms with Crippen molar-refractivity contribution in [2.24, 2.45) is 0 Å². The van der Waals surface area contributed by atoms with Crippen molar-refractivity contribution < 1.29 is 0 Å². The number of fused-ring (bicyclic) bond motifs is 2. The zero-order chi connectivity index (χ0) is 17.4. The summed E-state index contributed by atoms with van der Waals surface area (Å²) < 4.78 is 2.30. The number of benzene rings is 3. The molecule has 0 bridgehead atoms. The molecular formula is C22H19N3. The van der Waals surface area contributed by atoms with Crippen molar-refractivity contribution in [2.75, 3.05) is 0 Å². The lowest BCUT2D eigenvalue weighted by atomic mass is 10.00. The van der Waals surface area contributed by atoms with Gasteiger partial charge in [0, 0.05) is 12.5 Å². The minimum atomic E-state index is 0.344. The van der Waals surface area contributed by atoms with Gasteiger partial charge in [0.05, 0.1) is 22.7 Å². The van der Waals surface area contributed by atoms with Crippen LogP contribution >= 0.6 is 0 Å². The molecule has 25 heavy (non-hydrogen) atoms. The Morgan fingerprint density at radius 3 is 2.44 bits per heavy atom. The monoisotopic (exact) mass is 325 g/mol. The van der Waals surface area contributed by atoms with Crippen molar-refractivity contribution >= 4 is 21.8 Å². The number of imidazole rings is 1. The van der Waals surface area contributed by atoms with Gasteiger partial charge in [0.1, 0.15) is 5.82 Å². The van der Waals surface area contributed by atoms with Crippen molar-refractivity contribution in [2.45, 2.75) is 26.3 Å². The summed E-state index contributed by atoms with van der Waals surface area (Å²) in [5.41, 5.74) is 4.11. The predicted octanol–water partition coefficient (Wildman–Crippen LogP) is 5.23. The van der Waals surface area contributed by atoms with E-state index in [2.05, 4.69) is 54.8 Å². The number of hydrogen-bond donors (Lipinski definition) is 0. The van der Waals surface area contributed by atoms with Crippen molar-refractivity contribution in [1.82, 2.24) is 9.55 Å². The molecule has 0 radical (unpaired) electrons. The number of nitriles is 1. The second kappa shape index (κ2) is 6.07. The van der Waals surface area contributed by atoms with E-state index < -0.39 is 0 Å². The van der Waals surface area contributed by atoms with E-state index in [1.807, 2.05) is 30.3 Å². The first-order chi connectivity index (χ1) is 12.2. The van der Waals surface area contributed by atoms with E-state index in [4.69, 9.17) is 4.98 Å². The summed E-state index contributed by atoms with van der Waals surface area (Å²) >= 11 is 0. The van der Waals surface area contributed by atoms with Gasteiger partial charge in [-0.3, -0.25) is 0 Å². The second-order valence-corrected chi connectivity index (χ2v) is 6.63. The maximum atomic E-state index is 9.38. The normalized spacial score (nSPS) is 11.3. The van der Waals surface area contributed by atoms with E-state index in [0.29, 0.717) is 5.92 Å². The lowest BCUT2D eigenvalue weighted by Gasteiger charge is -2.14. The smallest absolute Gasteiger partial charge is 0.112 e. The van der Waals surface area contributed by atoms with Crippen molar-refractivity contribution in [3.05, 3.63) is 77.6 Å². The molecule has 4 rings (SSSR count). The van der Waals surface area contributed by atoms with Crippen molar-refractivity contribution in [1.29, 1.82) is 5.26 Å². The van der Waals surface area contributed by atoms with Gasteiger partial charge in [-0.25, -0.2) is 4.98 Å². The highest BCUT2D eigenvalue weighted by molar-refractivity contribution is 5.90. The van der Waals surface area contributed by atoms with E-state index in [1.165, 1.54) is 5.56 Å². The second-order valence-electron chi connectivity index (χ2n) is 6.63. The topological polar surface area (TPSA) is 41.6 Å². The van der Waals surface area contributed by atoms with Gasteiger partial charge in [-0.15, -0.1) is 0 Å². The molecule has 3 heteroatoms. The predicted molar refractivity (Wildman–Crippen MR) is 102 cm³/mol. The molecular weight excluding hydrogens is 306 g/mol. The van der Waals surface area contributed by atoms with E-state index in [-0.39, 0.29) is 0 Å². The summed E-state index contributed by atoms with van der Waals surface area (Å²) in [5.74, 6) is 1.44. The van der Waals surface area contributed by atoms with Crippen LogP contribution < -0.4 is 0 Å². The first kappa shape index (κ1) is 15.4. The molecule has 1 heterocycles. The fourth-order valence-electron chi connectivity index (χ4n) is 3.47. The lowest BCUT2D eigenvalue weighted by Crippen LogP contribution is -2.07. The highest BCUT2D eigenvalue weighted by Crippen LogP contribution is 2.27. The minimum Gasteiger partial charge on any atom is -0.323 e. The third-order valence-electron chi connectivity index (χ3n) is 4.66. The molecule has 0 amide bonds.